The van der Waals surface area contributed by atoms with Gasteiger partial charge in [-0.3, -0.25) is 4.79 Å². The molecule has 0 radical (unpaired) electrons. The average molecular weight is 412 g/mol. The number of ether oxygens (including phenoxy) is 2. The molecule has 1 heterocycles. The molecule has 158 valence electrons. The molecule has 2 saturated carbocycles. The third-order valence-corrected chi connectivity index (χ3v) is 10.1. The molecule has 1 amide bonds. The molecule has 0 aromatic carbocycles. The standard InChI is InChI=1S/C21H33NO5S/c1-7-26-21(27-8-2)15(12-18(21,3)4)17(23)22-16-11-14-9-10-20(16,19(14,5)6)13-28(22,24)25/h12,14,16H,7-11,13H2,1-6H3/t14-,16-,20-/m1/s1. The van der Waals surface area contributed by atoms with Crippen LogP contribution in [0, 0.1) is 22.2 Å². The lowest BCUT2D eigenvalue weighted by atomic mass is 9.66. The molecule has 3 atom stereocenters. The molecule has 4 aliphatic rings. The number of rotatable bonds is 5. The van der Waals surface area contributed by atoms with Gasteiger partial charge in [0.2, 0.25) is 15.8 Å². The van der Waals surface area contributed by atoms with E-state index in [2.05, 4.69) is 13.8 Å². The number of hydrogen-bond acceptors (Lipinski definition) is 5. The molecule has 2 bridgehead atoms. The molecule has 4 rings (SSSR count). The van der Waals surface area contributed by atoms with Crippen LogP contribution in [0.1, 0.15) is 60.8 Å². The Morgan fingerprint density at radius 3 is 2.29 bits per heavy atom. The Morgan fingerprint density at radius 1 is 1.18 bits per heavy atom. The fraction of sp³-hybridized carbons (Fsp3) is 0.857. The van der Waals surface area contributed by atoms with Crippen LogP contribution in [0.5, 0.6) is 0 Å². The van der Waals surface area contributed by atoms with Crippen LogP contribution in [0.2, 0.25) is 0 Å². The topological polar surface area (TPSA) is 72.9 Å². The van der Waals surface area contributed by atoms with E-state index in [9.17, 15) is 13.2 Å². The zero-order chi connectivity index (χ0) is 20.8. The van der Waals surface area contributed by atoms with Crippen molar-refractivity contribution in [2.75, 3.05) is 19.0 Å². The molecule has 0 unspecified atom stereocenters. The zero-order valence-electron chi connectivity index (χ0n) is 17.9. The molecule has 1 spiro atoms. The first-order valence-electron chi connectivity index (χ1n) is 10.5. The molecule has 7 heteroatoms. The molecule has 3 aliphatic carbocycles. The number of nitrogens with zero attached hydrogens (tertiary/aromatic N) is 1. The van der Waals surface area contributed by atoms with E-state index >= 15 is 0 Å². The van der Waals surface area contributed by atoms with Crippen molar-refractivity contribution in [3.8, 4) is 0 Å². The van der Waals surface area contributed by atoms with E-state index in [0.29, 0.717) is 24.7 Å². The van der Waals surface area contributed by atoms with E-state index in [1.807, 2.05) is 33.8 Å². The van der Waals surface area contributed by atoms with Gasteiger partial charge in [0.05, 0.1) is 17.4 Å². The van der Waals surface area contributed by atoms with Crippen molar-refractivity contribution in [2.24, 2.45) is 22.2 Å². The van der Waals surface area contributed by atoms with Crippen molar-refractivity contribution in [1.82, 2.24) is 4.31 Å². The third kappa shape index (κ3) is 2.16. The summed E-state index contributed by atoms with van der Waals surface area (Å²) in [7, 11) is -3.67. The van der Waals surface area contributed by atoms with Crippen molar-refractivity contribution in [3.05, 3.63) is 11.6 Å². The molecular formula is C21H33NO5S. The molecule has 1 saturated heterocycles. The van der Waals surface area contributed by atoms with Gasteiger partial charge in [0.25, 0.3) is 5.91 Å². The quantitative estimate of drug-likeness (QED) is 0.650. The average Bonchev–Trinajstić information content (AvgIpc) is 3.06. The Balaban J connectivity index is 1.75. The highest BCUT2D eigenvalue weighted by molar-refractivity contribution is 7.90. The Bertz CT molecular complexity index is 837. The highest BCUT2D eigenvalue weighted by Crippen LogP contribution is 2.70. The summed E-state index contributed by atoms with van der Waals surface area (Å²) in [6.07, 6.45) is 4.52. The summed E-state index contributed by atoms with van der Waals surface area (Å²) in [5.74, 6) is -1.09. The first-order chi connectivity index (χ1) is 12.9. The van der Waals surface area contributed by atoms with E-state index in [0.717, 1.165) is 19.3 Å². The highest BCUT2D eigenvalue weighted by atomic mass is 32.2. The number of sulfonamides is 1. The van der Waals surface area contributed by atoms with Crippen molar-refractivity contribution < 1.29 is 22.7 Å². The van der Waals surface area contributed by atoms with Crippen molar-refractivity contribution in [3.63, 3.8) is 0 Å². The van der Waals surface area contributed by atoms with Crippen LogP contribution in [-0.2, 0) is 24.3 Å². The Hall–Kier alpha value is -0.920. The Kier molecular flexibility index (Phi) is 4.23. The van der Waals surface area contributed by atoms with Gasteiger partial charge in [-0.15, -0.1) is 0 Å². The van der Waals surface area contributed by atoms with Gasteiger partial charge in [0, 0.05) is 24.0 Å². The number of fused-ring (bicyclic) bond motifs is 1. The van der Waals surface area contributed by atoms with Crippen LogP contribution < -0.4 is 0 Å². The monoisotopic (exact) mass is 411 g/mol. The number of carbonyl (C=O) groups excluding carboxylic acids is 1. The van der Waals surface area contributed by atoms with Crippen molar-refractivity contribution in [2.45, 2.75) is 72.6 Å². The minimum absolute atomic E-state index is 0.0655. The van der Waals surface area contributed by atoms with Gasteiger partial charge < -0.3 is 9.47 Å². The maximum atomic E-state index is 13.6. The van der Waals surface area contributed by atoms with Crippen molar-refractivity contribution >= 4 is 15.9 Å². The van der Waals surface area contributed by atoms with E-state index < -0.39 is 27.1 Å². The zero-order valence-corrected chi connectivity index (χ0v) is 18.7. The highest BCUT2D eigenvalue weighted by Gasteiger charge is 2.73. The minimum Gasteiger partial charge on any atom is -0.345 e. The molecule has 28 heavy (non-hydrogen) atoms. The van der Waals surface area contributed by atoms with Gasteiger partial charge in [0.1, 0.15) is 0 Å². The van der Waals surface area contributed by atoms with Gasteiger partial charge in [-0.1, -0.05) is 33.8 Å². The second kappa shape index (κ2) is 5.82. The number of carbonyl (C=O) groups is 1. The molecule has 6 nitrogen and oxygen atoms in total. The second-order valence-corrected chi connectivity index (χ2v) is 11.8. The van der Waals surface area contributed by atoms with Gasteiger partial charge in [-0.2, -0.15) is 0 Å². The van der Waals surface area contributed by atoms with E-state index in [4.69, 9.17) is 9.47 Å². The van der Waals surface area contributed by atoms with Gasteiger partial charge in [-0.05, 0) is 44.4 Å². The predicted octanol–water partition coefficient (Wildman–Crippen LogP) is 3.09. The second-order valence-electron chi connectivity index (χ2n) is 9.98. The molecular weight excluding hydrogens is 378 g/mol. The molecule has 1 aliphatic heterocycles. The van der Waals surface area contributed by atoms with Gasteiger partial charge in [0.15, 0.2) is 0 Å². The molecule has 0 aromatic heterocycles. The number of amides is 1. The van der Waals surface area contributed by atoms with E-state index in [1.54, 1.807) is 0 Å². The summed E-state index contributed by atoms with van der Waals surface area (Å²) in [6, 6.07) is -0.246. The summed E-state index contributed by atoms with van der Waals surface area (Å²) in [5.41, 5.74) is -0.558. The van der Waals surface area contributed by atoms with Crippen LogP contribution in [0.3, 0.4) is 0 Å². The molecule has 3 fully saturated rings. The fourth-order valence-corrected chi connectivity index (χ4v) is 9.20. The predicted molar refractivity (Wildman–Crippen MR) is 106 cm³/mol. The largest absolute Gasteiger partial charge is 0.345 e. The van der Waals surface area contributed by atoms with Crippen molar-refractivity contribution in [1.29, 1.82) is 0 Å². The number of hydrogen-bond donors (Lipinski definition) is 0. The third-order valence-electron chi connectivity index (χ3n) is 8.24. The lowest BCUT2D eigenvalue weighted by molar-refractivity contribution is -0.269. The van der Waals surface area contributed by atoms with Crippen LogP contribution in [-0.4, -0.2) is 49.4 Å². The fourth-order valence-electron chi connectivity index (χ4n) is 6.67. The molecule has 0 N–H and O–H groups in total. The van der Waals surface area contributed by atoms with Crippen LogP contribution in [0.25, 0.3) is 0 Å². The summed E-state index contributed by atoms with van der Waals surface area (Å²) < 4.78 is 39.6. The first kappa shape index (κ1) is 20.4. The minimum atomic E-state index is -3.67. The lowest BCUT2D eigenvalue weighted by Crippen LogP contribution is -2.61. The SMILES string of the molecule is CCOC1(OCC)C(C(=O)N2[C@@H]3C[C@H]4CC[C@]3(CS2(=O)=O)C4(C)C)=CC1(C)C. The van der Waals surface area contributed by atoms with Gasteiger partial charge in [-0.25, -0.2) is 12.7 Å². The Morgan fingerprint density at radius 2 is 1.79 bits per heavy atom. The summed E-state index contributed by atoms with van der Waals surface area (Å²) in [5, 5.41) is 0. The van der Waals surface area contributed by atoms with E-state index in [1.165, 1.54) is 4.31 Å². The molecule has 0 aromatic rings. The summed E-state index contributed by atoms with van der Waals surface area (Å²) in [6.45, 7) is 12.8. The summed E-state index contributed by atoms with van der Waals surface area (Å²) in [4.78, 5) is 13.6. The maximum absolute atomic E-state index is 13.6. The Labute approximate surface area is 168 Å². The normalized spacial score (nSPS) is 38.1. The maximum Gasteiger partial charge on any atom is 0.268 e. The smallest absolute Gasteiger partial charge is 0.268 e. The first-order valence-corrected chi connectivity index (χ1v) is 12.1. The van der Waals surface area contributed by atoms with Gasteiger partial charge >= 0.3 is 0 Å². The van der Waals surface area contributed by atoms with Crippen LogP contribution in [0.15, 0.2) is 11.6 Å². The van der Waals surface area contributed by atoms with Crippen LogP contribution >= 0.6 is 0 Å². The summed E-state index contributed by atoms with van der Waals surface area (Å²) >= 11 is 0. The lowest BCUT2D eigenvalue weighted by Gasteiger charge is -2.52. The van der Waals surface area contributed by atoms with E-state index in [-0.39, 0.29) is 22.6 Å². The van der Waals surface area contributed by atoms with Crippen LogP contribution in [0.4, 0.5) is 0 Å².